The third kappa shape index (κ3) is 3.55. The lowest BCUT2D eigenvalue weighted by atomic mass is 10.2. The molecule has 0 aromatic heterocycles. The Labute approximate surface area is 120 Å². The van der Waals surface area contributed by atoms with E-state index in [4.69, 9.17) is 14.2 Å². The van der Waals surface area contributed by atoms with Gasteiger partial charge in [-0.1, -0.05) is 6.58 Å². The lowest BCUT2D eigenvalue weighted by molar-refractivity contribution is -0.145. The van der Waals surface area contributed by atoms with Crippen molar-refractivity contribution < 1.29 is 18.6 Å². The second-order valence-electron chi connectivity index (χ2n) is 4.76. The van der Waals surface area contributed by atoms with Crippen molar-refractivity contribution in [2.45, 2.75) is 31.8 Å². The molecule has 19 heavy (non-hydrogen) atoms. The molecule has 1 aliphatic rings. The van der Waals surface area contributed by atoms with E-state index < -0.39 is 5.79 Å². The van der Waals surface area contributed by atoms with E-state index in [-0.39, 0.29) is 18.0 Å². The number of halogens is 2. The molecule has 1 aromatic carbocycles. The highest BCUT2D eigenvalue weighted by Crippen LogP contribution is 2.30. The molecular weight excluding hydrogens is 315 g/mol. The zero-order valence-electron chi connectivity index (χ0n) is 10.9. The van der Waals surface area contributed by atoms with Crippen molar-refractivity contribution in [2.75, 3.05) is 6.61 Å². The molecule has 0 bridgehead atoms. The maximum atomic E-state index is 13.0. The summed E-state index contributed by atoms with van der Waals surface area (Å²) >= 11 is 3.26. The first-order valence-electron chi connectivity index (χ1n) is 5.97. The van der Waals surface area contributed by atoms with E-state index >= 15 is 0 Å². The molecule has 2 rings (SSSR count). The molecule has 104 valence electrons. The Morgan fingerprint density at radius 1 is 1.58 bits per heavy atom. The minimum atomic E-state index is -0.616. The van der Waals surface area contributed by atoms with Gasteiger partial charge in [-0.3, -0.25) is 0 Å². The molecule has 1 fully saturated rings. The summed E-state index contributed by atoms with van der Waals surface area (Å²) in [6.07, 6.45) is 1.07. The van der Waals surface area contributed by atoms with Crippen LogP contribution in [0.2, 0.25) is 0 Å². The Kier molecular flexibility index (Phi) is 4.28. The molecule has 1 unspecified atom stereocenters. The van der Waals surface area contributed by atoms with Crippen LogP contribution >= 0.6 is 15.9 Å². The average molecular weight is 331 g/mol. The molecule has 2 atom stereocenters. The summed E-state index contributed by atoms with van der Waals surface area (Å²) < 4.78 is 30.6. The van der Waals surface area contributed by atoms with Crippen molar-refractivity contribution in [2.24, 2.45) is 0 Å². The van der Waals surface area contributed by atoms with Crippen molar-refractivity contribution in [3.8, 4) is 5.75 Å². The molecule has 0 amide bonds. The molecule has 0 N–H and O–H groups in total. The van der Waals surface area contributed by atoms with E-state index in [1.807, 2.05) is 13.8 Å². The summed E-state index contributed by atoms with van der Waals surface area (Å²) in [5.41, 5.74) is 0. The summed E-state index contributed by atoms with van der Waals surface area (Å²) in [6.45, 7) is 7.88. The highest BCUT2D eigenvalue weighted by Gasteiger charge is 2.37. The number of benzene rings is 1. The van der Waals surface area contributed by atoms with Crippen LogP contribution in [0.3, 0.4) is 0 Å². The molecule has 1 aliphatic heterocycles. The summed E-state index contributed by atoms with van der Waals surface area (Å²) in [6, 6.07) is 4.26. The molecule has 0 spiro atoms. The minimum absolute atomic E-state index is 0.232. The number of hydrogen-bond acceptors (Lipinski definition) is 3. The van der Waals surface area contributed by atoms with Crippen LogP contribution in [0, 0.1) is 5.82 Å². The van der Waals surface area contributed by atoms with Gasteiger partial charge in [0.05, 0.1) is 11.1 Å². The monoisotopic (exact) mass is 330 g/mol. The first-order chi connectivity index (χ1) is 8.91. The maximum Gasteiger partial charge on any atom is 0.163 e. The second-order valence-corrected chi connectivity index (χ2v) is 5.61. The normalized spacial score (nSPS) is 23.1. The van der Waals surface area contributed by atoms with Gasteiger partial charge in [0.25, 0.3) is 0 Å². The van der Waals surface area contributed by atoms with Crippen LogP contribution in [0.5, 0.6) is 5.75 Å². The van der Waals surface area contributed by atoms with Crippen LogP contribution in [0.25, 0.3) is 0 Å². The zero-order valence-corrected chi connectivity index (χ0v) is 12.4. The molecule has 0 aliphatic carbocycles. The van der Waals surface area contributed by atoms with Crippen molar-refractivity contribution in [1.29, 1.82) is 0 Å². The predicted octanol–water partition coefficient (Wildman–Crippen LogP) is 3.67. The quantitative estimate of drug-likeness (QED) is 0.788. The summed E-state index contributed by atoms with van der Waals surface area (Å²) in [7, 11) is 0. The topological polar surface area (TPSA) is 27.7 Å². The van der Waals surface area contributed by atoms with E-state index in [2.05, 4.69) is 22.5 Å². The van der Waals surface area contributed by atoms with Gasteiger partial charge >= 0.3 is 0 Å². The first kappa shape index (κ1) is 14.5. The summed E-state index contributed by atoms with van der Waals surface area (Å²) in [5, 5.41) is 0. The van der Waals surface area contributed by atoms with Crippen LogP contribution in [0.4, 0.5) is 4.39 Å². The van der Waals surface area contributed by atoms with Crippen molar-refractivity contribution in [3.63, 3.8) is 0 Å². The summed E-state index contributed by atoms with van der Waals surface area (Å²) in [5.74, 6) is -0.398. The van der Waals surface area contributed by atoms with Gasteiger partial charge in [-0.25, -0.2) is 4.39 Å². The van der Waals surface area contributed by atoms with E-state index in [1.54, 1.807) is 12.1 Å². The fourth-order valence-electron chi connectivity index (χ4n) is 1.87. The molecule has 0 saturated carbocycles. The lowest BCUT2D eigenvalue weighted by Crippen LogP contribution is -2.33. The van der Waals surface area contributed by atoms with Crippen LogP contribution in [0.15, 0.2) is 35.3 Å². The Morgan fingerprint density at radius 3 is 2.84 bits per heavy atom. The van der Waals surface area contributed by atoms with Gasteiger partial charge in [-0.15, -0.1) is 0 Å². The van der Waals surface area contributed by atoms with Gasteiger partial charge in [0.15, 0.2) is 5.79 Å². The standard InChI is InChI=1S/C14H16BrFO3/c1-4-11(13-8-17-14(2,3)19-13)18-12-6-5-9(16)7-10(12)15/h4-7,11,13H,1,8H2,2-3H3/t11?,13-/m0/s1. The Bertz CT molecular complexity index is 476. The van der Waals surface area contributed by atoms with Gasteiger partial charge in [0, 0.05) is 0 Å². The van der Waals surface area contributed by atoms with Gasteiger partial charge in [0.2, 0.25) is 0 Å². The van der Waals surface area contributed by atoms with Gasteiger partial charge < -0.3 is 14.2 Å². The summed E-state index contributed by atoms with van der Waals surface area (Å²) in [4.78, 5) is 0. The second kappa shape index (κ2) is 5.61. The fourth-order valence-corrected chi connectivity index (χ4v) is 2.31. The van der Waals surface area contributed by atoms with Crippen LogP contribution < -0.4 is 4.74 Å². The van der Waals surface area contributed by atoms with E-state index in [0.29, 0.717) is 16.8 Å². The van der Waals surface area contributed by atoms with Crippen LogP contribution in [-0.2, 0) is 9.47 Å². The third-order valence-electron chi connectivity index (χ3n) is 2.79. The fraction of sp³-hybridized carbons (Fsp3) is 0.429. The molecule has 5 heteroatoms. The zero-order chi connectivity index (χ0) is 14.0. The van der Waals surface area contributed by atoms with Crippen molar-refractivity contribution in [1.82, 2.24) is 0 Å². The first-order valence-corrected chi connectivity index (χ1v) is 6.76. The van der Waals surface area contributed by atoms with Gasteiger partial charge in [-0.2, -0.15) is 0 Å². The van der Waals surface area contributed by atoms with E-state index in [1.165, 1.54) is 12.1 Å². The molecule has 3 nitrogen and oxygen atoms in total. The van der Waals surface area contributed by atoms with Crippen LogP contribution in [-0.4, -0.2) is 24.6 Å². The third-order valence-corrected chi connectivity index (χ3v) is 3.41. The molecule has 1 saturated heterocycles. The molecule has 1 heterocycles. The van der Waals surface area contributed by atoms with Crippen molar-refractivity contribution in [3.05, 3.63) is 41.1 Å². The average Bonchev–Trinajstić information content (AvgIpc) is 2.69. The smallest absolute Gasteiger partial charge is 0.163 e. The number of rotatable bonds is 4. The highest BCUT2D eigenvalue weighted by atomic mass is 79.9. The number of hydrogen-bond donors (Lipinski definition) is 0. The maximum absolute atomic E-state index is 13.0. The molecular formula is C14H16BrFO3. The minimum Gasteiger partial charge on any atom is -0.482 e. The molecule has 0 radical (unpaired) electrons. The van der Waals surface area contributed by atoms with E-state index in [9.17, 15) is 4.39 Å². The number of ether oxygens (including phenoxy) is 3. The Balaban J connectivity index is 2.09. The van der Waals surface area contributed by atoms with Crippen LogP contribution in [0.1, 0.15) is 13.8 Å². The SMILES string of the molecule is C=CC(Oc1ccc(F)cc1Br)[C@@H]1COC(C)(C)O1. The lowest BCUT2D eigenvalue weighted by Gasteiger charge is -2.23. The van der Waals surface area contributed by atoms with E-state index in [0.717, 1.165) is 0 Å². The Hall–Kier alpha value is -0.910. The molecule has 1 aromatic rings. The highest BCUT2D eigenvalue weighted by molar-refractivity contribution is 9.10. The largest absolute Gasteiger partial charge is 0.482 e. The Morgan fingerprint density at radius 2 is 2.32 bits per heavy atom. The van der Waals surface area contributed by atoms with Gasteiger partial charge in [0.1, 0.15) is 23.8 Å². The van der Waals surface area contributed by atoms with Crippen molar-refractivity contribution >= 4 is 15.9 Å². The predicted molar refractivity (Wildman–Crippen MR) is 73.6 cm³/mol. The van der Waals surface area contributed by atoms with Gasteiger partial charge in [-0.05, 0) is 54.1 Å².